The molecule has 0 spiro atoms. The monoisotopic (exact) mass is 399 g/mol. The van der Waals surface area contributed by atoms with Crippen LogP contribution in [0.5, 0.6) is 0 Å². The molecule has 0 saturated carbocycles. The fourth-order valence-corrected chi connectivity index (χ4v) is 3.38. The number of amides is 2. The number of halogens is 1. The number of hydrogen-bond acceptors (Lipinski definition) is 3. The first kappa shape index (κ1) is 20.2. The van der Waals surface area contributed by atoms with Crippen molar-refractivity contribution in [2.45, 2.75) is 38.1 Å². The minimum atomic E-state index is -0.642. The van der Waals surface area contributed by atoms with Crippen molar-refractivity contribution in [2.75, 3.05) is 23.3 Å². The Kier molecular flexibility index (Phi) is 6.93. The molecule has 6 heteroatoms. The van der Waals surface area contributed by atoms with Crippen molar-refractivity contribution in [2.24, 2.45) is 0 Å². The van der Waals surface area contributed by atoms with Crippen LogP contribution in [0.1, 0.15) is 42.1 Å². The third kappa shape index (κ3) is 5.26. The molecule has 2 aromatic rings. The molecule has 0 radical (unpaired) electrons. The summed E-state index contributed by atoms with van der Waals surface area (Å²) in [7, 11) is 0. The molecule has 2 aromatic carbocycles. The number of piperidine rings is 1. The van der Waals surface area contributed by atoms with E-state index in [1.807, 2.05) is 42.5 Å². The maximum Gasteiger partial charge on any atom is 0.253 e. The Morgan fingerprint density at radius 1 is 1.07 bits per heavy atom. The van der Waals surface area contributed by atoms with Gasteiger partial charge in [0.15, 0.2) is 0 Å². The Morgan fingerprint density at radius 3 is 2.46 bits per heavy atom. The predicted octanol–water partition coefficient (Wildman–Crippen LogP) is 4.17. The van der Waals surface area contributed by atoms with Gasteiger partial charge in [-0.2, -0.15) is 0 Å². The van der Waals surface area contributed by atoms with E-state index in [4.69, 9.17) is 11.6 Å². The van der Waals surface area contributed by atoms with Gasteiger partial charge in [-0.25, -0.2) is 0 Å². The van der Waals surface area contributed by atoms with Gasteiger partial charge in [0, 0.05) is 31.0 Å². The first-order valence-corrected chi connectivity index (χ1v) is 10.1. The number of carbonyl (C=O) groups excluding carboxylic acids is 2. The maximum atomic E-state index is 13.0. The first-order valence-electron chi connectivity index (χ1n) is 9.70. The molecule has 1 aliphatic rings. The second-order valence-corrected chi connectivity index (χ2v) is 7.71. The molecule has 3 rings (SSSR count). The standard InChI is InChI=1S/C22H26ClN3O2/c1-16(23)21(27)25-18-10-11-20(26-12-6-3-7-13-26)19(14-18)22(28)24-15-17-8-4-2-5-9-17/h2,4-5,8-11,14,16H,3,6-7,12-13,15H2,1H3,(H,24,28)(H,25,27)/t16-/m1/s1. The van der Waals surface area contributed by atoms with Crippen LogP contribution in [0.4, 0.5) is 11.4 Å². The summed E-state index contributed by atoms with van der Waals surface area (Å²) in [5, 5.41) is 5.12. The molecule has 148 valence electrons. The van der Waals surface area contributed by atoms with Crippen LogP contribution in [0.25, 0.3) is 0 Å². The van der Waals surface area contributed by atoms with Crippen molar-refractivity contribution >= 4 is 34.8 Å². The van der Waals surface area contributed by atoms with Gasteiger partial charge in [-0.05, 0) is 49.9 Å². The number of alkyl halides is 1. The van der Waals surface area contributed by atoms with Crippen LogP contribution in [0.2, 0.25) is 0 Å². The predicted molar refractivity (Wildman–Crippen MR) is 114 cm³/mol. The van der Waals surface area contributed by atoms with Gasteiger partial charge in [-0.15, -0.1) is 11.6 Å². The summed E-state index contributed by atoms with van der Waals surface area (Å²) in [5.41, 5.74) is 3.08. The summed E-state index contributed by atoms with van der Waals surface area (Å²) in [6.07, 6.45) is 3.45. The van der Waals surface area contributed by atoms with Crippen LogP contribution in [-0.2, 0) is 11.3 Å². The molecular weight excluding hydrogens is 374 g/mol. The molecule has 2 N–H and O–H groups in total. The summed E-state index contributed by atoms with van der Waals surface area (Å²) in [4.78, 5) is 27.2. The van der Waals surface area contributed by atoms with Gasteiger partial charge < -0.3 is 15.5 Å². The fraction of sp³-hybridized carbons (Fsp3) is 0.364. The Morgan fingerprint density at radius 2 is 1.79 bits per heavy atom. The second-order valence-electron chi connectivity index (χ2n) is 7.05. The summed E-state index contributed by atoms with van der Waals surface area (Å²) < 4.78 is 0. The normalized spacial score (nSPS) is 15.0. The molecule has 28 heavy (non-hydrogen) atoms. The topological polar surface area (TPSA) is 61.4 Å². The summed E-state index contributed by atoms with van der Waals surface area (Å²) in [6.45, 7) is 3.94. The van der Waals surface area contributed by atoms with Gasteiger partial charge >= 0.3 is 0 Å². The highest BCUT2D eigenvalue weighted by atomic mass is 35.5. The van der Waals surface area contributed by atoms with Crippen molar-refractivity contribution in [3.8, 4) is 0 Å². The van der Waals surface area contributed by atoms with Gasteiger partial charge in [-0.1, -0.05) is 30.3 Å². The van der Waals surface area contributed by atoms with Crippen molar-refractivity contribution < 1.29 is 9.59 Å². The number of hydrogen-bond donors (Lipinski definition) is 2. The van der Waals surface area contributed by atoms with E-state index in [2.05, 4.69) is 15.5 Å². The number of nitrogens with one attached hydrogen (secondary N) is 2. The zero-order chi connectivity index (χ0) is 19.9. The van der Waals surface area contributed by atoms with Crippen LogP contribution >= 0.6 is 11.6 Å². The number of nitrogens with zero attached hydrogens (tertiary/aromatic N) is 1. The van der Waals surface area contributed by atoms with Crippen LogP contribution in [-0.4, -0.2) is 30.3 Å². The summed E-state index contributed by atoms with van der Waals surface area (Å²) in [5.74, 6) is -0.442. The molecule has 0 aliphatic carbocycles. The average Bonchev–Trinajstić information content (AvgIpc) is 2.73. The second kappa shape index (κ2) is 9.60. The molecule has 0 bridgehead atoms. The Hall–Kier alpha value is -2.53. The van der Waals surface area contributed by atoms with E-state index in [1.165, 1.54) is 6.42 Å². The number of benzene rings is 2. The summed E-state index contributed by atoms with van der Waals surface area (Å²) in [6, 6.07) is 15.3. The molecule has 5 nitrogen and oxygen atoms in total. The number of rotatable bonds is 6. The van der Waals surface area contributed by atoms with Gasteiger partial charge in [0.2, 0.25) is 5.91 Å². The van der Waals surface area contributed by atoms with Gasteiger partial charge in [0.25, 0.3) is 5.91 Å². The van der Waals surface area contributed by atoms with Crippen LogP contribution in [0.15, 0.2) is 48.5 Å². The fourth-order valence-electron chi connectivity index (χ4n) is 3.32. The molecule has 1 saturated heterocycles. The molecule has 2 amide bonds. The van der Waals surface area contributed by atoms with E-state index in [1.54, 1.807) is 13.0 Å². The van der Waals surface area contributed by atoms with Gasteiger partial charge in [0.05, 0.1) is 5.56 Å². The van der Waals surface area contributed by atoms with E-state index in [0.29, 0.717) is 17.8 Å². The van der Waals surface area contributed by atoms with E-state index < -0.39 is 5.38 Å². The molecule has 1 atom stereocenters. The lowest BCUT2D eigenvalue weighted by Gasteiger charge is -2.30. The minimum absolute atomic E-state index is 0.153. The molecule has 1 fully saturated rings. The zero-order valence-corrected chi connectivity index (χ0v) is 16.8. The largest absolute Gasteiger partial charge is 0.371 e. The Balaban J connectivity index is 1.82. The van der Waals surface area contributed by atoms with Gasteiger partial charge in [0.1, 0.15) is 5.38 Å². The third-order valence-electron chi connectivity index (χ3n) is 4.86. The van der Waals surface area contributed by atoms with Crippen molar-refractivity contribution in [1.82, 2.24) is 5.32 Å². The number of carbonyl (C=O) groups is 2. The molecule has 1 aliphatic heterocycles. The van der Waals surface area contributed by atoms with Gasteiger partial charge in [-0.3, -0.25) is 9.59 Å². The van der Waals surface area contributed by atoms with Crippen LogP contribution < -0.4 is 15.5 Å². The summed E-state index contributed by atoms with van der Waals surface area (Å²) >= 11 is 5.85. The van der Waals surface area contributed by atoms with Crippen LogP contribution in [0, 0.1) is 0 Å². The van der Waals surface area contributed by atoms with Crippen molar-refractivity contribution in [1.29, 1.82) is 0 Å². The lowest BCUT2D eigenvalue weighted by atomic mass is 10.1. The Bertz CT molecular complexity index is 818. The highest BCUT2D eigenvalue weighted by Gasteiger charge is 2.20. The SMILES string of the molecule is C[C@@H](Cl)C(=O)Nc1ccc(N2CCCCC2)c(C(=O)NCc2ccccc2)c1. The maximum absolute atomic E-state index is 13.0. The van der Waals surface area contributed by atoms with Crippen LogP contribution in [0.3, 0.4) is 0 Å². The number of anilines is 2. The van der Waals surface area contributed by atoms with E-state index >= 15 is 0 Å². The minimum Gasteiger partial charge on any atom is -0.371 e. The lowest BCUT2D eigenvalue weighted by molar-refractivity contribution is -0.115. The molecule has 0 aromatic heterocycles. The first-order chi connectivity index (χ1) is 13.5. The average molecular weight is 400 g/mol. The Labute approximate surface area is 171 Å². The molecular formula is C22H26ClN3O2. The zero-order valence-electron chi connectivity index (χ0n) is 16.1. The van der Waals surface area contributed by atoms with E-state index in [9.17, 15) is 9.59 Å². The van der Waals surface area contributed by atoms with E-state index in [-0.39, 0.29) is 11.8 Å². The van der Waals surface area contributed by atoms with Crippen molar-refractivity contribution in [3.63, 3.8) is 0 Å². The highest BCUT2D eigenvalue weighted by molar-refractivity contribution is 6.32. The smallest absolute Gasteiger partial charge is 0.253 e. The van der Waals surface area contributed by atoms with Crippen molar-refractivity contribution in [3.05, 3.63) is 59.7 Å². The molecule has 1 heterocycles. The highest BCUT2D eigenvalue weighted by Crippen LogP contribution is 2.27. The molecule has 0 unspecified atom stereocenters. The lowest BCUT2D eigenvalue weighted by Crippen LogP contribution is -2.33. The van der Waals surface area contributed by atoms with E-state index in [0.717, 1.165) is 37.2 Å². The quantitative estimate of drug-likeness (QED) is 0.716. The third-order valence-corrected chi connectivity index (χ3v) is 5.06.